The molecule has 5 nitrogen and oxygen atoms in total. The quantitative estimate of drug-likeness (QED) is 0.480. The first kappa shape index (κ1) is 18.2. The Morgan fingerprint density at radius 2 is 1.93 bits per heavy atom. The minimum atomic E-state index is -0.398. The highest BCUT2D eigenvalue weighted by Crippen LogP contribution is 2.29. The van der Waals surface area contributed by atoms with E-state index in [1.807, 2.05) is 42.5 Å². The molecule has 0 aliphatic rings. The maximum absolute atomic E-state index is 13.3. The van der Waals surface area contributed by atoms with Gasteiger partial charge >= 0.3 is 0 Å². The van der Waals surface area contributed by atoms with Gasteiger partial charge in [-0.15, -0.1) is 10.2 Å². The number of benzene rings is 3. The van der Waals surface area contributed by atoms with E-state index in [2.05, 4.69) is 15.5 Å². The van der Waals surface area contributed by atoms with Crippen molar-refractivity contribution in [2.75, 3.05) is 11.1 Å². The van der Waals surface area contributed by atoms with Gasteiger partial charge in [-0.25, -0.2) is 4.39 Å². The first-order valence-electron chi connectivity index (χ1n) is 8.60. The number of carbonyl (C=O) groups excluding carboxylic acids is 1. The summed E-state index contributed by atoms with van der Waals surface area (Å²) in [4.78, 5) is 12.2. The third-order valence-corrected chi connectivity index (χ3v) is 5.05. The van der Waals surface area contributed by atoms with E-state index in [9.17, 15) is 9.18 Å². The second kappa shape index (κ2) is 7.82. The van der Waals surface area contributed by atoms with Gasteiger partial charge in [-0.1, -0.05) is 54.2 Å². The summed E-state index contributed by atoms with van der Waals surface area (Å²) in [7, 11) is 0. The van der Waals surface area contributed by atoms with Crippen LogP contribution in [0, 0.1) is 12.7 Å². The molecule has 0 saturated carbocycles. The fraction of sp³-hybridized carbons (Fsp3) is 0.0952. The molecule has 0 fully saturated rings. The molecule has 1 amide bonds. The summed E-state index contributed by atoms with van der Waals surface area (Å²) in [6.45, 7) is 1.80. The lowest BCUT2D eigenvalue weighted by Crippen LogP contribution is -2.15. The summed E-state index contributed by atoms with van der Waals surface area (Å²) in [5, 5.41) is 13.2. The summed E-state index contributed by atoms with van der Waals surface area (Å²) < 4.78 is 19.1. The number of thioether (sulfide) groups is 1. The Labute approximate surface area is 165 Å². The van der Waals surface area contributed by atoms with Gasteiger partial charge in [-0.05, 0) is 41.5 Å². The first-order chi connectivity index (χ1) is 13.6. The summed E-state index contributed by atoms with van der Waals surface area (Å²) >= 11 is 1.13. The molecule has 140 valence electrons. The van der Waals surface area contributed by atoms with Gasteiger partial charge in [-0.2, -0.15) is 0 Å². The number of amides is 1. The predicted molar refractivity (Wildman–Crippen MR) is 108 cm³/mol. The van der Waals surface area contributed by atoms with Crippen LogP contribution in [-0.2, 0) is 4.79 Å². The Morgan fingerprint density at radius 3 is 2.82 bits per heavy atom. The first-order valence-corrected chi connectivity index (χ1v) is 9.59. The third-order valence-electron chi connectivity index (χ3n) is 4.23. The van der Waals surface area contributed by atoms with E-state index in [0.29, 0.717) is 16.8 Å². The number of aryl methyl sites for hydroxylation is 1. The van der Waals surface area contributed by atoms with Crippen LogP contribution >= 0.6 is 11.8 Å². The summed E-state index contributed by atoms with van der Waals surface area (Å²) in [5.74, 6) is -0.192. The fourth-order valence-corrected chi connectivity index (χ4v) is 3.39. The monoisotopic (exact) mass is 393 g/mol. The topological polar surface area (TPSA) is 68.0 Å². The Balaban J connectivity index is 1.45. The highest BCUT2D eigenvalue weighted by atomic mass is 32.2. The molecule has 0 atom stereocenters. The van der Waals surface area contributed by atoms with Gasteiger partial charge in [0.05, 0.1) is 5.75 Å². The van der Waals surface area contributed by atoms with Crippen molar-refractivity contribution >= 4 is 34.1 Å². The molecular formula is C21H16FN3O2S. The Hall–Kier alpha value is -3.19. The molecule has 4 rings (SSSR count). The molecule has 0 saturated heterocycles. The van der Waals surface area contributed by atoms with Gasteiger partial charge in [0, 0.05) is 11.3 Å². The summed E-state index contributed by atoms with van der Waals surface area (Å²) in [6, 6.07) is 18.1. The van der Waals surface area contributed by atoms with E-state index >= 15 is 0 Å². The molecule has 1 aromatic heterocycles. The molecule has 0 bridgehead atoms. The molecule has 0 unspecified atom stereocenters. The summed E-state index contributed by atoms with van der Waals surface area (Å²) in [6.07, 6.45) is 0. The van der Waals surface area contributed by atoms with E-state index in [0.717, 1.165) is 33.7 Å². The van der Waals surface area contributed by atoms with Crippen molar-refractivity contribution in [3.8, 4) is 11.5 Å². The van der Waals surface area contributed by atoms with Crippen molar-refractivity contribution < 1.29 is 13.6 Å². The molecule has 1 N–H and O–H groups in total. The van der Waals surface area contributed by atoms with Crippen molar-refractivity contribution in [3.05, 3.63) is 72.0 Å². The molecule has 4 aromatic rings. The number of halogens is 1. The van der Waals surface area contributed by atoms with Crippen LogP contribution < -0.4 is 5.32 Å². The average Bonchev–Trinajstić information content (AvgIpc) is 3.18. The number of aromatic nitrogens is 2. The molecule has 1 heterocycles. The minimum absolute atomic E-state index is 0.0765. The van der Waals surface area contributed by atoms with Crippen molar-refractivity contribution in [2.24, 2.45) is 0 Å². The van der Waals surface area contributed by atoms with Gasteiger partial charge in [0.1, 0.15) is 5.82 Å². The molecule has 0 aliphatic carbocycles. The van der Waals surface area contributed by atoms with E-state index < -0.39 is 5.82 Å². The fourth-order valence-electron chi connectivity index (χ4n) is 2.83. The van der Waals surface area contributed by atoms with Crippen molar-refractivity contribution in [3.63, 3.8) is 0 Å². The van der Waals surface area contributed by atoms with E-state index in [1.165, 1.54) is 12.1 Å². The van der Waals surface area contributed by atoms with Gasteiger partial charge in [-0.3, -0.25) is 4.79 Å². The largest absolute Gasteiger partial charge is 0.411 e. The van der Waals surface area contributed by atoms with Crippen LogP contribution in [0.3, 0.4) is 0 Å². The van der Waals surface area contributed by atoms with Crippen LogP contribution in [0.25, 0.3) is 22.2 Å². The zero-order valence-electron chi connectivity index (χ0n) is 15.0. The van der Waals surface area contributed by atoms with Crippen LogP contribution in [0.1, 0.15) is 5.56 Å². The normalized spacial score (nSPS) is 10.9. The number of hydrogen-bond donors (Lipinski definition) is 1. The van der Waals surface area contributed by atoms with Gasteiger partial charge in [0.25, 0.3) is 5.22 Å². The van der Waals surface area contributed by atoms with Crippen molar-refractivity contribution in [1.82, 2.24) is 10.2 Å². The van der Waals surface area contributed by atoms with E-state index in [-0.39, 0.29) is 11.7 Å². The highest BCUT2D eigenvalue weighted by molar-refractivity contribution is 7.99. The SMILES string of the molecule is Cc1ccc(F)cc1NC(=O)CSc1nnc(-c2cccc3ccccc23)o1. The zero-order chi connectivity index (χ0) is 19.5. The Morgan fingerprint density at radius 1 is 1.11 bits per heavy atom. The number of nitrogens with zero attached hydrogens (tertiary/aromatic N) is 2. The smallest absolute Gasteiger partial charge is 0.277 e. The van der Waals surface area contributed by atoms with Crippen LogP contribution in [0.2, 0.25) is 0 Å². The van der Waals surface area contributed by atoms with Crippen molar-refractivity contribution in [1.29, 1.82) is 0 Å². The number of hydrogen-bond acceptors (Lipinski definition) is 5. The second-order valence-corrected chi connectivity index (χ2v) is 7.12. The van der Waals surface area contributed by atoms with Gasteiger partial charge < -0.3 is 9.73 Å². The maximum atomic E-state index is 13.3. The van der Waals surface area contributed by atoms with Crippen LogP contribution in [0.5, 0.6) is 0 Å². The van der Waals surface area contributed by atoms with E-state index in [4.69, 9.17) is 4.42 Å². The van der Waals surface area contributed by atoms with E-state index in [1.54, 1.807) is 13.0 Å². The summed E-state index contributed by atoms with van der Waals surface area (Å²) in [5.41, 5.74) is 2.08. The second-order valence-electron chi connectivity index (χ2n) is 6.20. The predicted octanol–water partition coefficient (Wildman–Crippen LogP) is 5.07. The average molecular weight is 393 g/mol. The lowest BCUT2D eigenvalue weighted by Gasteiger charge is -2.07. The highest BCUT2D eigenvalue weighted by Gasteiger charge is 2.14. The lowest BCUT2D eigenvalue weighted by atomic mass is 10.0. The zero-order valence-corrected chi connectivity index (χ0v) is 15.8. The molecule has 28 heavy (non-hydrogen) atoms. The van der Waals surface area contributed by atoms with Gasteiger partial charge in [0.15, 0.2) is 0 Å². The molecule has 0 spiro atoms. The third kappa shape index (κ3) is 3.89. The van der Waals surface area contributed by atoms with Crippen LogP contribution in [0.15, 0.2) is 70.3 Å². The maximum Gasteiger partial charge on any atom is 0.277 e. The minimum Gasteiger partial charge on any atom is -0.411 e. The number of carbonyl (C=O) groups is 1. The number of rotatable bonds is 5. The Kier molecular flexibility index (Phi) is 5.08. The standard InChI is InChI=1S/C21H16FN3O2S/c1-13-9-10-15(22)11-18(13)23-19(26)12-28-21-25-24-20(27-21)17-8-4-6-14-5-2-3-7-16(14)17/h2-11H,12H2,1H3,(H,23,26). The molecule has 7 heteroatoms. The van der Waals surface area contributed by atoms with Crippen LogP contribution in [-0.4, -0.2) is 21.9 Å². The van der Waals surface area contributed by atoms with Gasteiger partial charge in [0.2, 0.25) is 11.8 Å². The molecule has 3 aromatic carbocycles. The number of fused-ring (bicyclic) bond motifs is 1. The van der Waals surface area contributed by atoms with Crippen molar-refractivity contribution in [2.45, 2.75) is 12.1 Å². The number of anilines is 1. The molecule has 0 aliphatic heterocycles. The Bertz CT molecular complexity index is 1150. The van der Waals surface area contributed by atoms with Crippen LogP contribution in [0.4, 0.5) is 10.1 Å². The molecule has 0 radical (unpaired) electrons. The lowest BCUT2D eigenvalue weighted by molar-refractivity contribution is -0.113. The molecular weight excluding hydrogens is 377 g/mol. The number of nitrogens with one attached hydrogen (secondary N) is 1.